The molecule has 0 unspecified atom stereocenters. The maximum Gasteiger partial charge on any atom is 0.245 e. The first kappa shape index (κ1) is 21.9. The third-order valence-corrected chi connectivity index (χ3v) is 4.84. The van der Waals surface area contributed by atoms with Crippen molar-refractivity contribution in [2.24, 2.45) is 11.8 Å². The summed E-state index contributed by atoms with van der Waals surface area (Å²) in [4.78, 5) is 49.5. The molecule has 0 aromatic rings. The summed E-state index contributed by atoms with van der Waals surface area (Å²) in [5.74, 6) is -2.51. The third-order valence-electron chi connectivity index (χ3n) is 4.84. The van der Waals surface area contributed by atoms with Gasteiger partial charge >= 0.3 is 0 Å². The molecule has 0 aromatic heterocycles. The number of nitrogens with one attached hydrogen (secondary N) is 4. The number of aliphatic hydroxyl groups excluding tert-OH is 1. The standard InChI is InChI=1S/C17H30N4O5/c1-5-9(3)13-16(25)18-7-12(23)19-11(8-22)15(24)20-14(10(4)6-2)17(26)21-13/h9-11,13-14,22H,5-8H2,1-4H3,(H,18,25)(H,19,23)(H,20,24)(H,21,26)/t9-,10-,11-,13-,14-/m0/s1. The molecular weight excluding hydrogens is 340 g/mol. The summed E-state index contributed by atoms with van der Waals surface area (Å²) >= 11 is 0. The van der Waals surface area contributed by atoms with E-state index in [1.807, 2.05) is 20.8 Å². The number of carbonyl (C=O) groups is 4. The van der Waals surface area contributed by atoms with Crippen LogP contribution in [0.1, 0.15) is 40.5 Å². The first-order valence-electron chi connectivity index (χ1n) is 9.03. The normalized spacial score (nSPS) is 27.8. The molecular formula is C17H30N4O5. The molecule has 1 rings (SSSR count). The van der Waals surface area contributed by atoms with Crippen molar-refractivity contribution < 1.29 is 24.3 Å². The number of hydrogen-bond acceptors (Lipinski definition) is 5. The minimum absolute atomic E-state index is 0.150. The average Bonchev–Trinajstić information content (AvgIpc) is 2.63. The Morgan fingerprint density at radius 3 is 1.88 bits per heavy atom. The zero-order chi connectivity index (χ0) is 19.9. The lowest BCUT2D eigenvalue weighted by molar-refractivity contribution is -0.137. The number of rotatable bonds is 5. The monoisotopic (exact) mass is 370 g/mol. The van der Waals surface area contributed by atoms with E-state index < -0.39 is 48.4 Å². The summed E-state index contributed by atoms with van der Waals surface area (Å²) in [5.41, 5.74) is 0. The molecule has 1 aliphatic rings. The largest absolute Gasteiger partial charge is 0.394 e. The van der Waals surface area contributed by atoms with E-state index in [-0.39, 0.29) is 18.4 Å². The zero-order valence-electron chi connectivity index (χ0n) is 15.8. The maximum absolute atomic E-state index is 12.8. The van der Waals surface area contributed by atoms with Gasteiger partial charge in [0.2, 0.25) is 23.6 Å². The molecule has 5 atom stereocenters. The highest BCUT2D eigenvalue weighted by atomic mass is 16.3. The van der Waals surface area contributed by atoms with Gasteiger partial charge < -0.3 is 26.4 Å². The molecule has 148 valence electrons. The molecule has 0 saturated carbocycles. The molecule has 9 heteroatoms. The van der Waals surface area contributed by atoms with Crippen molar-refractivity contribution in [1.82, 2.24) is 21.3 Å². The van der Waals surface area contributed by atoms with Gasteiger partial charge in [0.1, 0.15) is 18.1 Å². The quantitative estimate of drug-likeness (QED) is 0.408. The number of hydrogen-bond donors (Lipinski definition) is 5. The highest BCUT2D eigenvalue weighted by Gasteiger charge is 2.34. The molecule has 1 aliphatic heterocycles. The molecule has 1 fully saturated rings. The van der Waals surface area contributed by atoms with Crippen LogP contribution in [-0.2, 0) is 19.2 Å². The smallest absolute Gasteiger partial charge is 0.245 e. The Kier molecular flexibility index (Phi) is 8.50. The van der Waals surface area contributed by atoms with Crippen LogP contribution >= 0.6 is 0 Å². The van der Waals surface area contributed by atoms with Gasteiger partial charge in [-0.25, -0.2) is 0 Å². The Morgan fingerprint density at radius 1 is 0.885 bits per heavy atom. The van der Waals surface area contributed by atoms with Crippen LogP contribution < -0.4 is 21.3 Å². The van der Waals surface area contributed by atoms with Crippen molar-refractivity contribution in [2.45, 2.75) is 58.7 Å². The SMILES string of the molecule is CC[C@H](C)[C@@H]1NC(=O)[C@H](CO)NC(=O)CNC(=O)[C@H]([C@@H](C)CC)NC1=O. The fraction of sp³-hybridized carbons (Fsp3) is 0.765. The first-order chi connectivity index (χ1) is 12.2. The Bertz CT molecular complexity index is 539. The predicted molar refractivity (Wildman–Crippen MR) is 94.8 cm³/mol. The summed E-state index contributed by atoms with van der Waals surface area (Å²) < 4.78 is 0. The van der Waals surface area contributed by atoms with Crippen LogP contribution in [0.4, 0.5) is 0 Å². The molecule has 5 N–H and O–H groups in total. The molecule has 26 heavy (non-hydrogen) atoms. The number of aliphatic hydroxyl groups is 1. The van der Waals surface area contributed by atoms with Crippen molar-refractivity contribution in [1.29, 1.82) is 0 Å². The van der Waals surface area contributed by atoms with Crippen molar-refractivity contribution in [3.8, 4) is 0 Å². The highest BCUT2D eigenvalue weighted by Crippen LogP contribution is 2.12. The van der Waals surface area contributed by atoms with E-state index in [4.69, 9.17) is 0 Å². The minimum Gasteiger partial charge on any atom is -0.394 e. The fourth-order valence-electron chi connectivity index (χ4n) is 2.62. The van der Waals surface area contributed by atoms with Gasteiger partial charge in [0.15, 0.2) is 0 Å². The molecule has 0 spiro atoms. The van der Waals surface area contributed by atoms with E-state index in [9.17, 15) is 24.3 Å². The highest BCUT2D eigenvalue weighted by molar-refractivity contribution is 5.96. The molecule has 0 bridgehead atoms. The van der Waals surface area contributed by atoms with Crippen molar-refractivity contribution >= 4 is 23.6 Å². The molecule has 1 saturated heterocycles. The first-order valence-corrected chi connectivity index (χ1v) is 9.03. The maximum atomic E-state index is 12.8. The summed E-state index contributed by atoms with van der Waals surface area (Å²) in [5, 5.41) is 19.5. The zero-order valence-corrected chi connectivity index (χ0v) is 15.8. The Hall–Kier alpha value is -2.16. The molecule has 1 heterocycles. The lowest BCUT2D eigenvalue weighted by Gasteiger charge is -2.30. The van der Waals surface area contributed by atoms with Crippen LogP contribution in [0.15, 0.2) is 0 Å². The Balaban J connectivity index is 3.18. The van der Waals surface area contributed by atoms with Crippen molar-refractivity contribution in [2.75, 3.05) is 13.2 Å². The molecule has 0 aromatic carbocycles. The van der Waals surface area contributed by atoms with Gasteiger partial charge in [-0.15, -0.1) is 0 Å². The van der Waals surface area contributed by atoms with E-state index in [1.165, 1.54) is 0 Å². The summed E-state index contributed by atoms with van der Waals surface area (Å²) in [7, 11) is 0. The summed E-state index contributed by atoms with van der Waals surface area (Å²) in [6.45, 7) is 6.45. The second-order valence-electron chi connectivity index (χ2n) is 6.76. The van der Waals surface area contributed by atoms with Crippen LogP contribution in [-0.4, -0.2) is 60.0 Å². The lowest BCUT2D eigenvalue weighted by atomic mass is 9.94. The van der Waals surface area contributed by atoms with E-state index in [0.29, 0.717) is 12.8 Å². The van der Waals surface area contributed by atoms with Crippen LogP contribution in [0.2, 0.25) is 0 Å². The topological polar surface area (TPSA) is 137 Å². The lowest BCUT2D eigenvalue weighted by Crippen LogP contribution is -2.62. The van der Waals surface area contributed by atoms with E-state index in [1.54, 1.807) is 6.92 Å². The van der Waals surface area contributed by atoms with Gasteiger partial charge in [-0.2, -0.15) is 0 Å². The average molecular weight is 370 g/mol. The van der Waals surface area contributed by atoms with Gasteiger partial charge in [0.05, 0.1) is 13.2 Å². The molecule has 4 amide bonds. The van der Waals surface area contributed by atoms with Crippen LogP contribution in [0, 0.1) is 11.8 Å². The number of amides is 4. The van der Waals surface area contributed by atoms with Gasteiger partial charge in [0, 0.05) is 0 Å². The van der Waals surface area contributed by atoms with Crippen LogP contribution in [0.5, 0.6) is 0 Å². The van der Waals surface area contributed by atoms with E-state index >= 15 is 0 Å². The second-order valence-corrected chi connectivity index (χ2v) is 6.76. The van der Waals surface area contributed by atoms with Crippen LogP contribution in [0.3, 0.4) is 0 Å². The van der Waals surface area contributed by atoms with Gasteiger partial charge in [0.25, 0.3) is 0 Å². The molecule has 0 radical (unpaired) electrons. The van der Waals surface area contributed by atoms with Crippen molar-refractivity contribution in [3.05, 3.63) is 0 Å². The third kappa shape index (κ3) is 5.69. The van der Waals surface area contributed by atoms with E-state index in [2.05, 4.69) is 21.3 Å². The van der Waals surface area contributed by atoms with Gasteiger partial charge in [-0.1, -0.05) is 40.5 Å². The molecule has 0 aliphatic carbocycles. The fourth-order valence-corrected chi connectivity index (χ4v) is 2.62. The molecule has 9 nitrogen and oxygen atoms in total. The Labute approximate surface area is 153 Å². The predicted octanol–water partition coefficient (Wildman–Crippen LogP) is -1.34. The van der Waals surface area contributed by atoms with Crippen molar-refractivity contribution in [3.63, 3.8) is 0 Å². The number of carbonyl (C=O) groups excluding carboxylic acids is 4. The minimum atomic E-state index is -1.19. The summed E-state index contributed by atoms with van der Waals surface area (Å²) in [6, 6.07) is -2.88. The second kappa shape index (κ2) is 10.1. The van der Waals surface area contributed by atoms with Gasteiger partial charge in [-0.3, -0.25) is 19.2 Å². The Morgan fingerprint density at radius 2 is 1.38 bits per heavy atom. The van der Waals surface area contributed by atoms with Gasteiger partial charge in [-0.05, 0) is 11.8 Å². The van der Waals surface area contributed by atoms with Crippen LogP contribution in [0.25, 0.3) is 0 Å². The van der Waals surface area contributed by atoms with E-state index in [0.717, 1.165) is 0 Å². The summed E-state index contributed by atoms with van der Waals surface area (Å²) in [6.07, 6.45) is 1.27.